The van der Waals surface area contributed by atoms with Gasteiger partial charge in [-0.05, 0) is 27.4 Å². The normalized spacial score (nSPS) is 19.9. The van der Waals surface area contributed by atoms with Gasteiger partial charge in [0, 0.05) is 23.0 Å². The Bertz CT molecular complexity index is 460. The first-order valence-electron chi connectivity index (χ1n) is 5.01. The lowest BCUT2D eigenvalue weighted by atomic mass is 10.2. The Kier molecular flexibility index (Phi) is 3.80. The molecule has 1 unspecified atom stereocenters. The Hall–Kier alpha value is -0.920. The van der Waals surface area contributed by atoms with E-state index >= 15 is 0 Å². The maximum absolute atomic E-state index is 11.7. The minimum Gasteiger partial charge on any atom is -0.385 e. The highest BCUT2D eigenvalue weighted by atomic mass is 79.9. The fraction of sp³-hybridized carbons (Fsp3) is 0.400. The predicted molar refractivity (Wildman–Crippen MR) is 70.4 cm³/mol. The SMILES string of the molecule is COCCN1C(=O)N=C(N)C1c1sccc1Br. The average Bonchev–Trinajstić information content (AvgIpc) is 2.80. The molecule has 0 spiro atoms. The summed E-state index contributed by atoms with van der Waals surface area (Å²) in [6.07, 6.45) is 0. The molecule has 0 bridgehead atoms. The molecule has 2 amide bonds. The van der Waals surface area contributed by atoms with Crippen LogP contribution in [0.1, 0.15) is 10.9 Å². The predicted octanol–water partition coefficient (Wildman–Crippen LogP) is 1.99. The molecule has 0 saturated carbocycles. The molecule has 2 rings (SSSR count). The number of halogens is 1. The molecule has 0 fully saturated rings. The second-order valence-corrected chi connectivity index (χ2v) is 5.34. The topological polar surface area (TPSA) is 67.9 Å². The summed E-state index contributed by atoms with van der Waals surface area (Å²) >= 11 is 5.00. The quantitative estimate of drug-likeness (QED) is 0.923. The van der Waals surface area contributed by atoms with Gasteiger partial charge in [-0.25, -0.2) is 4.79 Å². The van der Waals surface area contributed by atoms with Crippen molar-refractivity contribution in [1.29, 1.82) is 0 Å². The number of rotatable bonds is 4. The van der Waals surface area contributed by atoms with Crippen molar-refractivity contribution < 1.29 is 9.53 Å². The van der Waals surface area contributed by atoms with Crippen LogP contribution >= 0.6 is 27.3 Å². The van der Waals surface area contributed by atoms with E-state index < -0.39 is 0 Å². The molecule has 0 saturated heterocycles. The Balaban J connectivity index is 2.26. The maximum Gasteiger partial charge on any atom is 0.346 e. The summed E-state index contributed by atoms with van der Waals surface area (Å²) in [5.74, 6) is 0.342. The molecule has 0 aromatic carbocycles. The van der Waals surface area contributed by atoms with Gasteiger partial charge in [0.25, 0.3) is 0 Å². The molecule has 1 aliphatic rings. The standard InChI is InChI=1S/C10H12BrN3O2S/c1-16-4-3-14-7(9(12)13-10(14)15)8-6(11)2-5-17-8/h2,5,7H,3-4H2,1H3,(H2,12,13,15). The molecule has 1 aromatic rings. The minimum absolute atomic E-state index is 0.271. The van der Waals surface area contributed by atoms with E-state index in [1.807, 2.05) is 11.4 Å². The van der Waals surface area contributed by atoms with Crippen molar-refractivity contribution in [1.82, 2.24) is 4.90 Å². The van der Waals surface area contributed by atoms with Crippen LogP contribution in [0.15, 0.2) is 20.9 Å². The number of carbonyl (C=O) groups excluding carboxylic acids is 1. The second kappa shape index (κ2) is 5.16. The first-order chi connectivity index (χ1) is 8.15. The summed E-state index contributed by atoms with van der Waals surface area (Å²) in [6.45, 7) is 0.947. The zero-order valence-electron chi connectivity index (χ0n) is 9.22. The molecule has 2 heterocycles. The van der Waals surface area contributed by atoms with Gasteiger partial charge in [-0.3, -0.25) is 0 Å². The van der Waals surface area contributed by atoms with Crippen molar-refractivity contribution in [2.75, 3.05) is 20.3 Å². The van der Waals surface area contributed by atoms with E-state index in [1.165, 1.54) is 0 Å². The number of nitrogens with two attached hydrogens (primary N) is 1. The Morgan fingerprint density at radius 2 is 2.47 bits per heavy atom. The number of urea groups is 1. The van der Waals surface area contributed by atoms with E-state index in [-0.39, 0.29) is 12.1 Å². The van der Waals surface area contributed by atoms with Gasteiger partial charge in [0.15, 0.2) is 0 Å². The van der Waals surface area contributed by atoms with Crippen LogP contribution in [-0.2, 0) is 4.74 Å². The highest BCUT2D eigenvalue weighted by Crippen LogP contribution is 2.35. The van der Waals surface area contributed by atoms with Crippen LogP contribution in [0.3, 0.4) is 0 Å². The summed E-state index contributed by atoms with van der Waals surface area (Å²) in [5, 5.41) is 1.95. The van der Waals surface area contributed by atoms with Gasteiger partial charge in [-0.1, -0.05) is 0 Å². The first-order valence-corrected chi connectivity index (χ1v) is 6.69. The minimum atomic E-state index is -0.301. The van der Waals surface area contributed by atoms with Crippen LogP contribution in [0.4, 0.5) is 4.79 Å². The molecule has 2 N–H and O–H groups in total. The summed E-state index contributed by atoms with van der Waals surface area (Å²) in [5.41, 5.74) is 5.82. The lowest BCUT2D eigenvalue weighted by Gasteiger charge is -2.23. The van der Waals surface area contributed by atoms with Crippen molar-refractivity contribution in [2.45, 2.75) is 6.04 Å². The highest BCUT2D eigenvalue weighted by Gasteiger charge is 2.36. The fourth-order valence-corrected chi connectivity index (χ4v) is 3.41. The third-order valence-electron chi connectivity index (χ3n) is 2.49. The molecule has 17 heavy (non-hydrogen) atoms. The highest BCUT2D eigenvalue weighted by molar-refractivity contribution is 9.10. The van der Waals surface area contributed by atoms with E-state index in [0.717, 1.165) is 9.35 Å². The number of amides is 2. The zero-order chi connectivity index (χ0) is 12.4. The lowest BCUT2D eigenvalue weighted by molar-refractivity contribution is 0.151. The van der Waals surface area contributed by atoms with Crippen LogP contribution < -0.4 is 5.73 Å². The smallest absolute Gasteiger partial charge is 0.346 e. The number of aliphatic imine (C=N–C) groups is 1. The van der Waals surface area contributed by atoms with Crippen molar-refractivity contribution in [3.8, 4) is 0 Å². The van der Waals surface area contributed by atoms with Crippen molar-refractivity contribution in [2.24, 2.45) is 10.7 Å². The third kappa shape index (κ3) is 2.36. The summed E-state index contributed by atoms with van der Waals surface area (Å²) < 4.78 is 5.94. The van der Waals surface area contributed by atoms with E-state index in [2.05, 4.69) is 20.9 Å². The molecule has 1 aromatic heterocycles. The number of ether oxygens (including phenoxy) is 1. The largest absolute Gasteiger partial charge is 0.385 e. The molecular formula is C10H12BrN3O2S. The van der Waals surface area contributed by atoms with Crippen LogP contribution in [-0.4, -0.2) is 37.0 Å². The van der Waals surface area contributed by atoms with E-state index in [0.29, 0.717) is 19.0 Å². The Morgan fingerprint density at radius 3 is 3.06 bits per heavy atom. The Morgan fingerprint density at radius 1 is 1.71 bits per heavy atom. The molecule has 1 atom stereocenters. The van der Waals surface area contributed by atoms with E-state index in [4.69, 9.17) is 10.5 Å². The number of nitrogens with zero attached hydrogens (tertiary/aromatic N) is 2. The number of hydrogen-bond donors (Lipinski definition) is 1. The number of hydrogen-bond acceptors (Lipinski definition) is 4. The van der Waals surface area contributed by atoms with Crippen LogP contribution in [0.25, 0.3) is 0 Å². The average molecular weight is 318 g/mol. The van der Waals surface area contributed by atoms with E-state index in [9.17, 15) is 4.79 Å². The van der Waals surface area contributed by atoms with Gasteiger partial charge < -0.3 is 15.4 Å². The number of methoxy groups -OCH3 is 1. The summed E-state index contributed by atoms with van der Waals surface area (Å²) in [7, 11) is 1.60. The zero-order valence-corrected chi connectivity index (χ0v) is 11.6. The van der Waals surface area contributed by atoms with Crippen LogP contribution in [0.2, 0.25) is 0 Å². The molecule has 5 nitrogen and oxygen atoms in total. The Labute approximate surface area is 111 Å². The monoisotopic (exact) mass is 317 g/mol. The van der Waals surface area contributed by atoms with E-state index in [1.54, 1.807) is 23.3 Å². The van der Waals surface area contributed by atoms with Gasteiger partial charge in [-0.2, -0.15) is 4.99 Å². The van der Waals surface area contributed by atoms with Crippen molar-refractivity contribution in [3.05, 3.63) is 20.8 Å². The van der Waals surface area contributed by atoms with Gasteiger partial charge in [-0.15, -0.1) is 11.3 Å². The summed E-state index contributed by atoms with van der Waals surface area (Å²) in [6, 6.07) is 1.36. The summed E-state index contributed by atoms with van der Waals surface area (Å²) in [4.78, 5) is 18.1. The van der Waals surface area contributed by atoms with Crippen LogP contribution in [0.5, 0.6) is 0 Å². The second-order valence-electron chi connectivity index (χ2n) is 3.54. The molecule has 92 valence electrons. The van der Waals surface area contributed by atoms with Crippen molar-refractivity contribution in [3.63, 3.8) is 0 Å². The molecule has 7 heteroatoms. The molecule has 0 aliphatic carbocycles. The van der Waals surface area contributed by atoms with Gasteiger partial charge >= 0.3 is 6.03 Å². The first kappa shape index (κ1) is 12.5. The molecule has 1 aliphatic heterocycles. The third-order valence-corrected chi connectivity index (χ3v) is 4.41. The van der Waals surface area contributed by atoms with Crippen molar-refractivity contribution >= 4 is 39.1 Å². The van der Waals surface area contributed by atoms with Crippen LogP contribution in [0, 0.1) is 0 Å². The van der Waals surface area contributed by atoms with Gasteiger partial charge in [0.2, 0.25) is 0 Å². The number of amidine groups is 1. The fourth-order valence-electron chi connectivity index (χ4n) is 1.70. The number of carbonyl (C=O) groups is 1. The number of thiophene rings is 1. The lowest BCUT2D eigenvalue weighted by Crippen LogP contribution is -2.35. The van der Waals surface area contributed by atoms with Gasteiger partial charge in [0.05, 0.1) is 6.61 Å². The van der Waals surface area contributed by atoms with Gasteiger partial charge in [0.1, 0.15) is 11.9 Å². The molecule has 0 radical (unpaired) electrons. The molecular weight excluding hydrogens is 306 g/mol. The maximum atomic E-state index is 11.7.